The normalized spacial score (nSPS) is 22.2. The van der Waals surface area contributed by atoms with Gasteiger partial charge < -0.3 is 5.32 Å². The zero-order valence-corrected chi connectivity index (χ0v) is 15.4. The van der Waals surface area contributed by atoms with E-state index in [0.29, 0.717) is 31.0 Å². The molecule has 1 saturated carbocycles. The van der Waals surface area contributed by atoms with Crippen LogP contribution in [-0.2, 0) is 16.3 Å². The van der Waals surface area contributed by atoms with Crippen molar-refractivity contribution in [1.82, 2.24) is 20.1 Å². The lowest BCUT2D eigenvalue weighted by Gasteiger charge is -2.12. The van der Waals surface area contributed by atoms with Crippen LogP contribution in [0.15, 0.2) is 17.0 Å². The monoisotopic (exact) mass is 380 g/mol. The number of thiazole rings is 1. The van der Waals surface area contributed by atoms with Gasteiger partial charge in [-0.15, -0.1) is 11.3 Å². The molecule has 9 heteroatoms. The van der Waals surface area contributed by atoms with Crippen molar-refractivity contribution in [1.29, 1.82) is 0 Å². The maximum atomic E-state index is 12.4. The fraction of sp³-hybridized carbons (Fsp3) is 0.562. The Kier molecular flexibility index (Phi) is 4.36. The summed E-state index contributed by atoms with van der Waals surface area (Å²) in [5.74, 6) is 0.528. The molecule has 1 unspecified atom stereocenters. The number of hydrogen-bond acceptors (Lipinski definition) is 6. The number of carbonyl (C=O) groups is 1. The molecule has 1 N–H and O–H groups in total. The van der Waals surface area contributed by atoms with Crippen molar-refractivity contribution in [2.24, 2.45) is 0 Å². The van der Waals surface area contributed by atoms with Gasteiger partial charge in [0.1, 0.15) is 5.69 Å². The number of carbonyl (C=O) groups excluding carboxylic acids is 1. The predicted octanol–water partition coefficient (Wildman–Crippen LogP) is 1.55. The average Bonchev–Trinajstić information content (AvgIpc) is 2.99. The van der Waals surface area contributed by atoms with Crippen LogP contribution in [-0.4, -0.2) is 47.1 Å². The fourth-order valence-electron chi connectivity index (χ4n) is 3.22. The molecule has 25 heavy (non-hydrogen) atoms. The molecule has 1 saturated heterocycles. The van der Waals surface area contributed by atoms with Crippen molar-refractivity contribution in [3.63, 3.8) is 0 Å². The Morgan fingerprint density at radius 2 is 2.20 bits per heavy atom. The molecule has 2 aliphatic rings. The second-order valence-electron chi connectivity index (χ2n) is 6.72. The summed E-state index contributed by atoms with van der Waals surface area (Å²) in [7, 11) is -2.98. The third-order valence-corrected chi connectivity index (χ3v) is 7.08. The van der Waals surface area contributed by atoms with E-state index in [1.54, 1.807) is 10.2 Å². The van der Waals surface area contributed by atoms with E-state index in [-0.39, 0.29) is 23.5 Å². The van der Waals surface area contributed by atoms with E-state index in [9.17, 15) is 13.2 Å². The molecule has 1 aliphatic carbocycles. The van der Waals surface area contributed by atoms with E-state index in [2.05, 4.69) is 15.4 Å². The summed E-state index contributed by atoms with van der Waals surface area (Å²) in [6.45, 7) is 0.506. The summed E-state index contributed by atoms with van der Waals surface area (Å²) in [6.07, 6.45) is 3.42. The Morgan fingerprint density at radius 3 is 2.84 bits per heavy atom. The standard InChI is InChI=1S/C16H20N4O3S2/c21-16(17-5-3-12-8-24-10-18-12)14-7-15(11-1-2-11)20(19-14)13-4-6-25(22,23)9-13/h7-8,10-11,13H,1-6,9H2,(H,17,21). The SMILES string of the molecule is O=C(NCCc1cscn1)c1cc(C2CC2)n(C2CCS(=O)(=O)C2)n1. The molecule has 3 heterocycles. The Hall–Kier alpha value is -1.74. The number of nitrogens with zero attached hydrogens (tertiary/aromatic N) is 3. The van der Waals surface area contributed by atoms with Crippen LogP contribution in [0.2, 0.25) is 0 Å². The van der Waals surface area contributed by atoms with Gasteiger partial charge in [-0.3, -0.25) is 9.48 Å². The first-order valence-electron chi connectivity index (χ1n) is 8.47. The van der Waals surface area contributed by atoms with Crippen molar-refractivity contribution in [2.75, 3.05) is 18.1 Å². The molecule has 2 aromatic heterocycles. The van der Waals surface area contributed by atoms with E-state index in [4.69, 9.17) is 0 Å². The van der Waals surface area contributed by atoms with Crippen LogP contribution in [0.25, 0.3) is 0 Å². The third kappa shape index (κ3) is 3.77. The highest BCUT2D eigenvalue weighted by Gasteiger charge is 2.36. The second-order valence-corrected chi connectivity index (χ2v) is 9.66. The Bertz CT molecular complexity index is 869. The van der Waals surface area contributed by atoms with Gasteiger partial charge in [0.2, 0.25) is 0 Å². The Labute approximate surface area is 150 Å². The largest absolute Gasteiger partial charge is 0.350 e. The number of sulfone groups is 1. The molecule has 0 bridgehead atoms. The first kappa shape index (κ1) is 16.7. The van der Waals surface area contributed by atoms with Crippen LogP contribution in [0, 0.1) is 0 Å². The summed E-state index contributed by atoms with van der Waals surface area (Å²) in [4.78, 5) is 16.6. The number of hydrogen-bond donors (Lipinski definition) is 1. The maximum Gasteiger partial charge on any atom is 0.271 e. The van der Waals surface area contributed by atoms with Crippen molar-refractivity contribution >= 4 is 27.1 Å². The number of amides is 1. The highest BCUT2D eigenvalue weighted by molar-refractivity contribution is 7.91. The topological polar surface area (TPSA) is 94.0 Å². The molecule has 1 aliphatic heterocycles. The Morgan fingerprint density at radius 1 is 1.36 bits per heavy atom. The van der Waals surface area contributed by atoms with Gasteiger partial charge in [0.15, 0.2) is 9.84 Å². The zero-order chi connectivity index (χ0) is 17.4. The van der Waals surface area contributed by atoms with Crippen LogP contribution in [0.5, 0.6) is 0 Å². The first-order chi connectivity index (χ1) is 12.0. The van der Waals surface area contributed by atoms with Crippen molar-refractivity contribution in [3.8, 4) is 0 Å². The molecule has 7 nitrogen and oxygen atoms in total. The summed E-state index contributed by atoms with van der Waals surface area (Å²) in [5.41, 5.74) is 4.12. The fourth-order valence-corrected chi connectivity index (χ4v) is 5.51. The lowest BCUT2D eigenvalue weighted by molar-refractivity contribution is 0.0948. The second kappa shape index (κ2) is 6.53. The molecule has 2 aromatic rings. The summed E-state index contributed by atoms with van der Waals surface area (Å²) in [5, 5.41) is 9.30. The quantitative estimate of drug-likeness (QED) is 0.821. The third-order valence-electron chi connectivity index (χ3n) is 4.70. The molecular formula is C16H20N4O3S2. The minimum atomic E-state index is -2.98. The van der Waals surface area contributed by atoms with Crippen molar-refractivity contribution in [3.05, 3.63) is 34.0 Å². The number of rotatable bonds is 6. The molecule has 1 atom stereocenters. The van der Waals surface area contributed by atoms with Crippen molar-refractivity contribution in [2.45, 2.75) is 37.6 Å². The summed E-state index contributed by atoms with van der Waals surface area (Å²) in [6, 6.07) is 1.69. The maximum absolute atomic E-state index is 12.4. The molecule has 2 fully saturated rings. The minimum absolute atomic E-state index is 0.124. The van der Waals surface area contributed by atoms with Gasteiger partial charge >= 0.3 is 0 Å². The van der Waals surface area contributed by atoms with Crippen LogP contribution in [0.1, 0.15) is 53.1 Å². The average molecular weight is 380 g/mol. The molecule has 134 valence electrons. The van der Waals surface area contributed by atoms with Crippen LogP contribution in [0.4, 0.5) is 0 Å². The lowest BCUT2D eigenvalue weighted by Crippen LogP contribution is -2.26. The van der Waals surface area contributed by atoms with E-state index in [1.165, 1.54) is 11.3 Å². The summed E-state index contributed by atoms with van der Waals surface area (Å²) >= 11 is 1.54. The Balaban J connectivity index is 1.46. The summed E-state index contributed by atoms with van der Waals surface area (Å²) < 4.78 is 25.4. The van der Waals surface area contributed by atoms with Crippen LogP contribution >= 0.6 is 11.3 Å². The minimum Gasteiger partial charge on any atom is -0.350 e. The highest BCUT2D eigenvalue weighted by atomic mass is 32.2. The van der Waals surface area contributed by atoms with Gasteiger partial charge in [0.05, 0.1) is 28.8 Å². The molecule has 0 radical (unpaired) electrons. The van der Waals surface area contributed by atoms with E-state index in [1.807, 2.05) is 11.4 Å². The van der Waals surface area contributed by atoms with E-state index in [0.717, 1.165) is 24.2 Å². The van der Waals surface area contributed by atoms with Crippen LogP contribution in [0.3, 0.4) is 0 Å². The molecule has 1 amide bonds. The smallest absolute Gasteiger partial charge is 0.271 e. The predicted molar refractivity (Wildman–Crippen MR) is 94.7 cm³/mol. The van der Waals surface area contributed by atoms with Gasteiger partial charge in [-0.2, -0.15) is 5.10 Å². The highest BCUT2D eigenvalue weighted by Crippen LogP contribution is 2.42. The van der Waals surface area contributed by atoms with Crippen molar-refractivity contribution < 1.29 is 13.2 Å². The van der Waals surface area contributed by atoms with E-state index >= 15 is 0 Å². The molecular weight excluding hydrogens is 360 g/mol. The van der Waals surface area contributed by atoms with Gasteiger partial charge in [-0.05, 0) is 25.3 Å². The van der Waals surface area contributed by atoms with Gasteiger partial charge in [0, 0.05) is 30.0 Å². The van der Waals surface area contributed by atoms with Crippen LogP contribution < -0.4 is 5.32 Å². The number of nitrogens with one attached hydrogen (secondary N) is 1. The molecule has 0 spiro atoms. The lowest BCUT2D eigenvalue weighted by atomic mass is 10.2. The van der Waals surface area contributed by atoms with Gasteiger partial charge in [0.25, 0.3) is 5.91 Å². The van der Waals surface area contributed by atoms with Gasteiger partial charge in [-0.25, -0.2) is 13.4 Å². The first-order valence-corrected chi connectivity index (χ1v) is 11.2. The zero-order valence-electron chi connectivity index (χ0n) is 13.7. The number of aromatic nitrogens is 3. The van der Waals surface area contributed by atoms with Gasteiger partial charge in [-0.1, -0.05) is 0 Å². The molecule has 0 aromatic carbocycles. The molecule has 4 rings (SSSR count). The van der Waals surface area contributed by atoms with E-state index < -0.39 is 9.84 Å².